The van der Waals surface area contributed by atoms with Gasteiger partial charge < -0.3 is 10.6 Å². The molecule has 0 saturated carbocycles. The quantitative estimate of drug-likeness (QED) is 0.740. The number of piperidine rings is 1. The fourth-order valence-electron chi connectivity index (χ4n) is 3.35. The molecule has 0 aliphatic carbocycles. The number of hydrogen-bond acceptors (Lipinski definition) is 4. The molecular weight excluding hydrogens is 332 g/mol. The second-order valence-corrected chi connectivity index (χ2v) is 7.36. The van der Waals surface area contributed by atoms with Crippen molar-refractivity contribution in [1.82, 2.24) is 20.4 Å². The van der Waals surface area contributed by atoms with Gasteiger partial charge in [0.05, 0.1) is 6.04 Å². The smallest absolute Gasteiger partial charge is 0.271 e. The van der Waals surface area contributed by atoms with E-state index in [9.17, 15) is 4.79 Å². The SMILES string of the molecule is O=C(NCCc1csc2ccccc12)c1ccn(C2CCCNC2)n1. The zero-order valence-electron chi connectivity index (χ0n) is 14.1. The third-order valence-corrected chi connectivity index (χ3v) is 5.74. The van der Waals surface area contributed by atoms with E-state index < -0.39 is 0 Å². The van der Waals surface area contributed by atoms with Crippen LogP contribution in [-0.2, 0) is 6.42 Å². The summed E-state index contributed by atoms with van der Waals surface area (Å²) in [6.07, 6.45) is 5.02. The normalized spacial score (nSPS) is 17.7. The summed E-state index contributed by atoms with van der Waals surface area (Å²) in [5.41, 5.74) is 1.79. The van der Waals surface area contributed by atoms with Gasteiger partial charge in [-0.15, -0.1) is 11.3 Å². The van der Waals surface area contributed by atoms with Gasteiger partial charge in [0.25, 0.3) is 5.91 Å². The Morgan fingerprint density at radius 2 is 2.28 bits per heavy atom. The topological polar surface area (TPSA) is 59.0 Å². The lowest BCUT2D eigenvalue weighted by Crippen LogP contribution is -2.32. The second kappa shape index (κ2) is 7.37. The minimum absolute atomic E-state index is 0.0953. The Morgan fingerprint density at radius 1 is 1.36 bits per heavy atom. The van der Waals surface area contributed by atoms with Gasteiger partial charge in [-0.05, 0) is 54.3 Å². The Bertz CT molecular complexity index is 863. The van der Waals surface area contributed by atoms with Gasteiger partial charge in [-0.2, -0.15) is 5.10 Å². The molecule has 1 fully saturated rings. The van der Waals surface area contributed by atoms with Crippen molar-refractivity contribution in [3.8, 4) is 0 Å². The molecule has 1 aliphatic heterocycles. The van der Waals surface area contributed by atoms with Gasteiger partial charge in [0, 0.05) is 24.0 Å². The first-order chi connectivity index (χ1) is 12.3. The first-order valence-electron chi connectivity index (χ1n) is 8.80. The van der Waals surface area contributed by atoms with Crippen LogP contribution in [0.25, 0.3) is 10.1 Å². The molecule has 1 saturated heterocycles. The summed E-state index contributed by atoms with van der Waals surface area (Å²) in [7, 11) is 0. The average molecular weight is 354 g/mol. The number of fused-ring (bicyclic) bond motifs is 1. The molecule has 2 N–H and O–H groups in total. The minimum Gasteiger partial charge on any atom is -0.350 e. The Kier molecular flexibility index (Phi) is 4.81. The van der Waals surface area contributed by atoms with Crippen molar-refractivity contribution in [3.05, 3.63) is 53.2 Å². The summed E-state index contributed by atoms with van der Waals surface area (Å²) >= 11 is 1.75. The number of nitrogens with one attached hydrogen (secondary N) is 2. The molecule has 0 radical (unpaired) electrons. The Balaban J connectivity index is 1.34. The maximum Gasteiger partial charge on any atom is 0.271 e. The molecule has 5 nitrogen and oxygen atoms in total. The van der Waals surface area contributed by atoms with Crippen LogP contribution in [-0.4, -0.2) is 35.3 Å². The molecule has 3 aromatic rings. The summed E-state index contributed by atoms with van der Waals surface area (Å²) in [6, 6.07) is 10.6. The van der Waals surface area contributed by atoms with E-state index >= 15 is 0 Å². The fourth-order valence-corrected chi connectivity index (χ4v) is 4.35. The molecule has 25 heavy (non-hydrogen) atoms. The van der Waals surface area contributed by atoms with E-state index in [0.29, 0.717) is 18.3 Å². The van der Waals surface area contributed by atoms with Crippen LogP contribution in [0.3, 0.4) is 0 Å². The van der Waals surface area contributed by atoms with Crippen LogP contribution in [0.1, 0.15) is 34.9 Å². The lowest BCUT2D eigenvalue weighted by atomic mass is 10.1. The number of rotatable bonds is 5. The molecule has 0 spiro atoms. The lowest BCUT2D eigenvalue weighted by Gasteiger charge is -2.22. The van der Waals surface area contributed by atoms with Crippen molar-refractivity contribution in [2.45, 2.75) is 25.3 Å². The van der Waals surface area contributed by atoms with Gasteiger partial charge in [0.15, 0.2) is 0 Å². The van der Waals surface area contributed by atoms with Crippen molar-refractivity contribution in [2.75, 3.05) is 19.6 Å². The minimum atomic E-state index is -0.0953. The number of carbonyl (C=O) groups is 1. The van der Waals surface area contributed by atoms with E-state index in [1.54, 1.807) is 11.3 Å². The number of amides is 1. The van der Waals surface area contributed by atoms with Crippen LogP contribution in [0, 0.1) is 0 Å². The summed E-state index contributed by atoms with van der Waals surface area (Å²) in [4.78, 5) is 12.3. The molecule has 1 aromatic carbocycles. The van der Waals surface area contributed by atoms with Crippen molar-refractivity contribution < 1.29 is 4.79 Å². The van der Waals surface area contributed by atoms with Crippen molar-refractivity contribution >= 4 is 27.3 Å². The number of nitrogens with zero attached hydrogens (tertiary/aromatic N) is 2. The Hall–Kier alpha value is -2.18. The van der Waals surface area contributed by atoms with Crippen molar-refractivity contribution in [2.24, 2.45) is 0 Å². The number of hydrogen-bond donors (Lipinski definition) is 2. The molecular formula is C19H22N4OS. The van der Waals surface area contributed by atoms with Gasteiger partial charge in [0.1, 0.15) is 5.69 Å². The van der Waals surface area contributed by atoms with E-state index in [-0.39, 0.29) is 5.91 Å². The molecule has 3 heterocycles. The highest BCUT2D eigenvalue weighted by Crippen LogP contribution is 2.25. The van der Waals surface area contributed by atoms with E-state index in [4.69, 9.17) is 0 Å². The zero-order chi connectivity index (χ0) is 17.1. The fraction of sp³-hybridized carbons (Fsp3) is 0.368. The van der Waals surface area contributed by atoms with Gasteiger partial charge in [-0.1, -0.05) is 18.2 Å². The van der Waals surface area contributed by atoms with E-state index in [2.05, 4.69) is 45.4 Å². The summed E-state index contributed by atoms with van der Waals surface area (Å²) in [6.45, 7) is 2.62. The Morgan fingerprint density at radius 3 is 3.16 bits per heavy atom. The maximum absolute atomic E-state index is 12.3. The van der Waals surface area contributed by atoms with Crippen molar-refractivity contribution in [1.29, 1.82) is 0 Å². The van der Waals surface area contributed by atoms with Crippen LogP contribution in [0.2, 0.25) is 0 Å². The number of carbonyl (C=O) groups excluding carboxylic acids is 1. The van der Waals surface area contributed by atoms with E-state index in [1.165, 1.54) is 15.6 Å². The predicted molar refractivity (Wildman–Crippen MR) is 101 cm³/mol. The number of thiophene rings is 1. The van der Waals surface area contributed by atoms with Gasteiger partial charge >= 0.3 is 0 Å². The third kappa shape index (κ3) is 3.60. The highest BCUT2D eigenvalue weighted by Gasteiger charge is 2.17. The second-order valence-electron chi connectivity index (χ2n) is 6.44. The van der Waals surface area contributed by atoms with Crippen LogP contribution < -0.4 is 10.6 Å². The van der Waals surface area contributed by atoms with Crippen LogP contribution in [0.15, 0.2) is 41.9 Å². The third-order valence-electron chi connectivity index (χ3n) is 4.73. The van der Waals surface area contributed by atoms with E-state index in [1.807, 2.05) is 16.9 Å². The molecule has 1 aliphatic rings. The molecule has 1 amide bonds. The monoisotopic (exact) mass is 354 g/mol. The van der Waals surface area contributed by atoms with Gasteiger partial charge in [-0.25, -0.2) is 0 Å². The van der Waals surface area contributed by atoms with E-state index in [0.717, 1.165) is 32.4 Å². The lowest BCUT2D eigenvalue weighted by molar-refractivity contribution is 0.0948. The standard InChI is InChI=1S/C19H22N4OS/c24-19(17-8-11-23(22-17)15-4-3-9-20-12-15)21-10-7-14-13-25-18-6-2-1-5-16(14)18/h1-2,5-6,8,11,13,15,20H,3-4,7,9-10,12H2,(H,21,24). The molecule has 0 bridgehead atoms. The molecule has 130 valence electrons. The summed E-state index contributed by atoms with van der Waals surface area (Å²) < 4.78 is 3.22. The molecule has 6 heteroatoms. The maximum atomic E-state index is 12.3. The molecule has 1 atom stereocenters. The molecule has 1 unspecified atom stereocenters. The van der Waals surface area contributed by atoms with Gasteiger partial charge in [0.2, 0.25) is 0 Å². The van der Waals surface area contributed by atoms with Crippen LogP contribution in [0.4, 0.5) is 0 Å². The van der Waals surface area contributed by atoms with Crippen LogP contribution >= 0.6 is 11.3 Å². The number of benzene rings is 1. The first-order valence-corrected chi connectivity index (χ1v) is 9.68. The highest BCUT2D eigenvalue weighted by molar-refractivity contribution is 7.17. The molecule has 4 rings (SSSR count). The first kappa shape index (κ1) is 16.3. The van der Waals surface area contributed by atoms with Crippen molar-refractivity contribution in [3.63, 3.8) is 0 Å². The average Bonchev–Trinajstić information content (AvgIpc) is 3.30. The Labute approximate surface area is 151 Å². The summed E-state index contributed by atoms with van der Waals surface area (Å²) in [5.74, 6) is -0.0953. The largest absolute Gasteiger partial charge is 0.350 e. The number of aromatic nitrogens is 2. The zero-order valence-corrected chi connectivity index (χ0v) is 14.9. The summed E-state index contributed by atoms with van der Waals surface area (Å²) in [5, 5.41) is 14.3. The predicted octanol–water partition coefficient (Wildman–Crippen LogP) is 2.99. The van der Waals surface area contributed by atoms with Gasteiger partial charge in [-0.3, -0.25) is 9.48 Å². The highest BCUT2D eigenvalue weighted by atomic mass is 32.1. The van der Waals surface area contributed by atoms with Crippen LogP contribution in [0.5, 0.6) is 0 Å². The molecule has 2 aromatic heterocycles.